The van der Waals surface area contributed by atoms with Crippen LogP contribution in [0.1, 0.15) is 27.5 Å². The number of hydrogen-bond donors (Lipinski definition) is 1. The van der Waals surface area contributed by atoms with E-state index >= 15 is 0 Å². The summed E-state index contributed by atoms with van der Waals surface area (Å²) in [4.78, 5) is 17.9. The van der Waals surface area contributed by atoms with Crippen molar-refractivity contribution < 1.29 is 14.3 Å². The normalized spacial score (nSPS) is 16.4. The molecule has 198 valence electrons. The molecule has 0 bridgehead atoms. The Bertz CT molecular complexity index is 1630. The second-order valence-electron chi connectivity index (χ2n) is 9.60. The number of ketones is 1. The van der Waals surface area contributed by atoms with Gasteiger partial charge in [-0.25, -0.2) is 0 Å². The van der Waals surface area contributed by atoms with E-state index in [1.165, 1.54) is 0 Å². The van der Waals surface area contributed by atoms with Crippen molar-refractivity contribution in [2.75, 3.05) is 19.2 Å². The van der Waals surface area contributed by atoms with Gasteiger partial charge in [0.2, 0.25) is 0 Å². The lowest BCUT2D eigenvalue weighted by atomic mass is 9.81. The minimum absolute atomic E-state index is 0.00563. The molecule has 0 amide bonds. The van der Waals surface area contributed by atoms with E-state index in [1.54, 1.807) is 20.4 Å². The third-order valence-corrected chi connectivity index (χ3v) is 7.33. The van der Waals surface area contributed by atoms with Crippen molar-refractivity contribution >= 4 is 17.2 Å². The van der Waals surface area contributed by atoms with Gasteiger partial charge in [0, 0.05) is 23.5 Å². The lowest BCUT2D eigenvalue weighted by Crippen LogP contribution is -2.32. The largest absolute Gasteiger partial charge is 0.497 e. The Balaban J connectivity index is 1.50. The summed E-state index contributed by atoms with van der Waals surface area (Å²) in [5, 5.41) is 7.12. The number of hydrazone groups is 1. The molecule has 0 spiro atoms. The molecule has 6 heteroatoms. The number of para-hydroxylation sites is 1. The lowest BCUT2D eigenvalue weighted by Gasteiger charge is -2.28. The van der Waals surface area contributed by atoms with Crippen molar-refractivity contribution in [3.8, 4) is 22.6 Å². The van der Waals surface area contributed by atoms with Gasteiger partial charge in [-0.1, -0.05) is 72.8 Å². The third-order valence-electron chi connectivity index (χ3n) is 7.33. The second kappa shape index (κ2) is 10.9. The highest BCUT2D eigenvalue weighted by molar-refractivity contribution is 6.22. The van der Waals surface area contributed by atoms with Crippen LogP contribution < -0.4 is 14.5 Å². The van der Waals surface area contributed by atoms with Crippen molar-refractivity contribution in [2.24, 2.45) is 11.0 Å². The van der Waals surface area contributed by atoms with E-state index in [0.29, 0.717) is 5.56 Å². The maximum atomic E-state index is 14.7. The number of nitrogens with one attached hydrogen (secondary N) is 1. The summed E-state index contributed by atoms with van der Waals surface area (Å²) in [5.74, 6) is 0.949. The Hall–Kier alpha value is -5.10. The van der Waals surface area contributed by atoms with Gasteiger partial charge >= 0.3 is 0 Å². The molecule has 0 fully saturated rings. The SMILES string of the molecule is COc1ccc(-c2c[nH]cc2C(=O)C2C(c3ccccc3)=NN(c3ccccc3)C2c2ccc(OC)cc2)cc1. The third kappa shape index (κ3) is 4.64. The van der Waals surface area contributed by atoms with Gasteiger partial charge in [0.25, 0.3) is 0 Å². The van der Waals surface area contributed by atoms with Crippen LogP contribution in [0.15, 0.2) is 127 Å². The molecular formula is C34H29N3O3. The Labute approximate surface area is 233 Å². The summed E-state index contributed by atoms with van der Waals surface area (Å²) < 4.78 is 10.8. The Morgan fingerprint density at radius 1 is 0.725 bits per heavy atom. The molecule has 0 saturated heterocycles. The molecule has 40 heavy (non-hydrogen) atoms. The van der Waals surface area contributed by atoms with Crippen LogP contribution in [0.2, 0.25) is 0 Å². The highest BCUT2D eigenvalue weighted by Crippen LogP contribution is 2.43. The number of methoxy groups -OCH3 is 2. The van der Waals surface area contributed by atoms with Crippen molar-refractivity contribution in [2.45, 2.75) is 6.04 Å². The number of rotatable bonds is 8. The summed E-state index contributed by atoms with van der Waals surface area (Å²) in [5.41, 5.74) is 5.92. The van der Waals surface area contributed by atoms with E-state index in [1.807, 2.05) is 120 Å². The summed E-state index contributed by atoms with van der Waals surface area (Å²) in [6, 6.07) is 35.2. The van der Waals surface area contributed by atoms with Gasteiger partial charge in [-0.2, -0.15) is 5.10 Å². The van der Waals surface area contributed by atoms with Crippen molar-refractivity contribution in [1.82, 2.24) is 4.98 Å². The molecule has 2 heterocycles. The first-order valence-corrected chi connectivity index (χ1v) is 13.2. The van der Waals surface area contributed by atoms with Gasteiger partial charge in [0.05, 0.1) is 37.6 Å². The number of nitrogens with zero attached hydrogens (tertiary/aromatic N) is 2. The van der Waals surface area contributed by atoms with E-state index in [0.717, 1.165) is 45.2 Å². The number of ether oxygens (including phenoxy) is 2. The van der Waals surface area contributed by atoms with Gasteiger partial charge in [-0.3, -0.25) is 9.80 Å². The van der Waals surface area contributed by atoms with Crippen LogP contribution in [0, 0.1) is 5.92 Å². The molecule has 1 aliphatic heterocycles. The molecule has 2 unspecified atom stereocenters. The summed E-state index contributed by atoms with van der Waals surface area (Å²) in [6.45, 7) is 0. The zero-order valence-corrected chi connectivity index (χ0v) is 22.3. The fourth-order valence-corrected chi connectivity index (χ4v) is 5.32. The molecular weight excluding hydrogens is 498 g/mol. The zero-order valence-electron chi connectivity index (χ0n) is 22.3. The minimum atomic E-state index is -0.566. The fourth-order valence-electron chi connectivity index (χ4n) is 5.32. The number of Topliss-reactive ketones (excluding diaryl/α,β-unsaturated/α-hetero) is 1. The first-order chi connectivity index (χ1) is 19.7. The zero-order chi connectivity index (χ0) is 27.5. The van der Waals surface area contributed by atoms with Gasteiger partial charge in [0.15, 0.2) is 5.78 Å². The molecule has 1 aliphatic rings. The molecule has 2 atom stereocenters. The molecule has 4 aromatic carbocycles. The molecule has 6 rings (SSSR count). The van der Waals surface area contributed by atoms with Crippen LogP contribution in [0.5, 0.6) is 11.5 Å². The van der Waals surface area contributed by atoms with Gasteiger partial charge in [0.1, 0.15) is 11.5 Å². The molecule has 0 aliphatic carbocycles. The molecule has 0 saturated carbocycles. The smallest absolute Gasteiger partial charge is 0.176 e. The Morgan fingerprint density at radius 3 is 1.95 bits per heavy atom. The van der Waals surface area contributed by atoms with Gasteiger partial charge in [-0.15, -0.1) is 0 Å². The van der Waals surface area contributed by atoms with Gasteiger partial charge < -0.3 is 14.5 Å². The number of carbonyl (C=O) groups excluding carboxylic acids is 1. The number of H-pyrrole nitrogens is 1. The standard InChI is InChI=1S/C34H29N3O3/c1-39-27-17-13-23(14-18-27)29-21-35-22-30(29)34(38)31-32(24-9-5-3-6-10-24)36-37(26-11-7-4-8-12-26)33(31)25-15-19-28(40-2)20-16-25/h3-22,31,33,35H,1-2H3. The molecule has 5 aromatic rings. The Morgan fingerprint density at radius 2 is 1.32 bits per heavy atom. The lowest BCUT2D eigenvalue weighted by molar-refractivity contribution is 0.0945. The second-order valence-corrected chi connectivity index (χ2v) is 9.60. The number of aromatic amines is 1. The molecule has 1 aromatic heterocycles. The number of carbonyl (C=O) groups is 1. The van der Waals surface area contributed by atoms with Crippen molar-refractivity contribution in [3.63, 3.8) is 0 Å². The summed E-state index contributed by atoms with van der Waals surface area (Å²) in [7, 11) is 3.29. The highest BCUT2D eigenvalue weighted by Gasteiger charge is 2.45. The Kier molecular flexibility index (Phi) is 6.89. The van der Waals surface area contributed by atoms with E-state index < -0.39 is 5.92 Å². The first-order valence-electron chi connectivity index (χ1n) is 13.2. The average molecular weight is 528 g/mol. The van der Waals surface area contributed by atoms with Crippen molar-refractivity contribution in [1.29, 1.82) is 0 Å². The topological polar surface area (TPSA) is 66.9 Å². The van der Waals surface area contributed by atoms with Crippen LogP contribution in [0.4, 0.5) is 5.69 Å². The fraction of sp³-hybridized carbons (Fsp3) is 0.118. The van der Waals surface area contributed by atoms with E-state index in [9.17, 15) is 4.79 Å². The van der Waals surface area contributed by atoms with E-state index in [-0.39, 0.29) is 11.8 Å². The average Bonchev–Trinajstić information content (AvgIpc) is 3.68. The number of hydrogen-bond acceptors (Lipinski definition) is 5. The number of anilines is 1. The van der Waals surface area contributed by atoms with Crippen LogP contribution >= 0.6 is 0 Å². The summed E-state index contributed by atoms with van der Waals surface area (Å²) >= 11 is 0. The predicted octanol–water partition coefficient (Wildman–Crippen LogP) is 7.16. The monoisotopic (exact) mass is 527 g/mol. The highest BCUT2D eigenvalue weighted by atomic mass is 16.5. The molecule has 0 radical (unpaired) electrons. The number of benzene rings is 4. The van der Waals surface area contributed by atoms with Crippen molar-refractivity contribution in [3.05, 3.63) is 138 Å². The van der Waals surface area contributed by atoms with Crippen LogP contribution in [-0.2, 0) is 0 Å². The van der Waals surface area contributed by atoms with Crippen LogP contribution in [-0.4, -0.2) is 30.7 Å². The van der Waals surface area contributed by atoms with E-state index in [2.05, 4.69) is 4.98 Å². The minimum Gasteiger partial charge on any atom is -0.497 e. The molecule has 1 N–H and O–H groups in total. The quantitative estimate of drug-likeness (QED) is 0.217. The molecule has 6 nitrogen and oxygen atoms in total. The van der Waals surface area contributed by atoms with Crippen LogP contribution in [0.25, 0.3) is 11.1 Å². The van der Waals surface area contributed by atoms with Crippen LogP contribution in [0.3, 0.4) is 0 Å². The number of aromatic nitrogens is 1. The first kappa shape index (κ1) is 25.2. The maximum absolute atomic E-state index is 14.7. The predicted molar refractivity (Wildman–Crippen MR) is 158 cm³/mol. The summed E-state index contributed by atoms with van der Waals surface area (Å²) in [6.07, 6.45) is 3.67. The van der Waals surface area contributed by atoms with Gasteiger partial charge in [-0.05, 0) is 53.1 Å². The van der Waals surface area contributed by atoms with E-state index in [4.69, 9.17) is 14.6 Å². The maximum Gasteiger partial charge on any atom is 0.176 e.